The van der Waals surface area contributed by atoms with Crippen LogP contribution in [0.1, 0.15) is 226 Å². The average molecular weight is 606 g/mol. The van der Waals surface area contributed by atoms with Gasteiger partial charge in [-0.1, -0.05) is 199 Å². The third-order valence-electron chi connectivity index (χ3n) is 9.12. The lowest BCUT2D eigenvalue weighted by atomic mass is 10.0. The Bertz CT molecular complexity index is 561. The normalized spacial score (nSPS) is 12.3. The summed E-state index contributed by atoms with van der Waals surface area (Å²) in [5.74, 6) is -0.164. The molecule has 0 rings (SSSR count). The molecule has 0 radical (unpaired) electrons. The summed E-state index contributed by atoms with van der Waals surface area (Å²) in [5, 5.41) is 13.1. The number of unbranched alkanes of at least 4 members (excludes halogenated alkanes) is 29. The van der Waals surface area contributed by atoms with Crippen LogP contribution in [0, 0.1) is 0 Å². The number of amides is 1. The van der Waals surface area contributed by atoms with E-state index in [1.54, 1.807) is 0 Å². The van der Waals surface area contributed by atoms with Crippen molar-refractivity contribution in [3.8, 4) is 0 Å². The fourth-order valence-electron chi connectivity index (χ4n) is 6.07. The number of carbonyl (C=O) groups excluding carboxylic acids is 1. The molecule has 1 atom stereocenters. The molecule has 256 valence electrons. The van der Waals surface area contributed by atoms with Gasteiger partial charge in [-0.2, -0.15) is 0 Å². The lowest BCUT2D eigenvalue weighted by molar-refractivity contribution is -0.129. The van der Waals surface area contributed by atoms with Gasteiger partial charge >= 0.3 is 0 Å². The van der Waals surface area contributed by atoms with Gasteiger partial charge in [-0.3, -0.25) is 4.79 Å². The second-order valence-electron chi connectivity index (χ2n) is 13.5. The van der Waals surface area contributed by atoms with Crippen LogP contribution in [0.15, 0.2) is 12.2 Å². The van der Waals surface area contributed by atoms with Crippen LogP contribution in [0.25, 0.3) is 0 Å². The molecule has 0 heterocycles. The van der Waals surface area contributed by atoms with Crippen molar-refractivity contribution in [2.45, 2.75) is 232 Å². The van der Waals surface area contributed by atoms with Crippen molar-refractivity contribution in [3.05, 3.63) is 12.2 Å². The minimum Gasteiger partial charge on any atom is -0.383 e. The molecule has 0 aliphatic rings. The Morgan fingerprint density at radius 3 is 1.14 bits per heavy atom. The van der Waals surface area contributed by atoms with Gasteiger partial charge in [0.25, 0.3) is 0 Å². The zero-order chi connectivity index (χ0) is 31.3. The summed E-state index contributed by atoms with van der Waals surface area (Å²) in [6.45, 7) is 5.27. The number of carbonyl (C=O) groups is 1. The van der Waals surface area contributed by atoms with E-state index in [2.05, 4.69) is 31.3 Å². The zero-order valence-corrected chi connectivity index (χ0v) is 29.6. The molecule has 0 bridgehead atoms. The smallest absolute Gasteiger partial charge is 0.248 e. The van der Waals surface area contributed by atoms with E-state index < -0.39 is 6.10 Å². The second-order valence-corrected chi connectivity index (χ2v) is 13.5. The van der Waals surface area contributed by atoms with Crippen molar-refractivity contribution in [2.24, 2.45) is 0 Å². The molecular formula is C40H79NO2. The largest absolute Gasteiger partial charge is 0.383 e. The highest BCUT2D eigenvalue weighted by atomic mass is 16.3. The van der Waals surface area contributed by atoms with Gasteiger partial charge in [-0.25, -0.2) is 0 Å². The number of aliphatic hydroxyl groups excluding tert-OH is 1. The summed E-state index contributed by atoms with van der Waals surface area (Å²) < 4.78 is 0. The van der Waals surface area contributed by atoms with E-state index in [0.29, 0.717) is 13.0 Å². The highest BCUT2D eigenvalue weighted by Gasteiger charge is 2.13. The Kier molecular flexibility index (Phi) is 36.6. The molecule has 1 unspecified atom stereocenters. The van der Waals surface area contributed by atoms with Crippen molar-refractivity contribution in [1.82, 2.24) is 5.32 Å². The van der Waals surface area contributed by atoms with Gasteiger partial charge in [0, 0.05) is 6.54 Å². The summed E-state index contributed by atoms with van der Waals surface area (Å²) in [6, 6.07) is 0. The predicted octanol–water partition coefficient (Wildman–Crippen LogP) is 12.9. The Morgan fingerprint density at radius 2 is 0.767 bits per heavy atom. The molecule has 0 saturated heterocycles. The van der Waals surface area contributed by atoms with Crippen LogP contribution in [-0.2, 0) is 4.79 Å². The Labute approximate surface area is 271 Å². The molecule has 0 aliphatic heterocycles. The van der Waals surface area contributed by atoms with Crippen LogP contribution >= 0.6 is 0 Å². The number of allylic oxidation sites excluding steroid dienone is 2. The highest BCUT2D eigenvalue weighted by molar-refractivity contribution is 5.80. The standard InChI is InChI=1S/C40H79NO2/c1-3-5-7-9-11-13-15-17-19-20-21-22-23-24-26-28-30-32-34-36-38-41-40(43)39(42)37-35-33-31-29-27-25-18-16-14-12-10-8-6-4-2/h17,19,39,42H,3-16,18,20-38H2,1-2H3,(H,41,43)/b19-17-. The fraction of sp³-hybridized carbons (Fsp3) is 0.925. The maximum absolute atomic E-state index is 12.1. The third-order valence-corrected chi connectivity index (χ3v) is 9.12. The van der Waals surface area contributed by atoms with Crippen LogP contribution in [0.5, 0.6) is 0 Å². The molecule has 3 heteroatoms. The number of hydrogen-bond donors (Lipinski definition) is 2. The van der Waals surface area contributed by atoms with Gasteiger partial charge in [0.15, 0.2) is 0 Å². The maximum atomic E-state index is 12.1. The third kappa shape index (κ3) is 35.5. The minimum absolute atomic E-state index is 0.164. The van der Waals surface area contributed by atoms with Crippen molar-refractivity contribution >= 4 is 5.91 Å². The first kappa shape index (κ1) is 42.2. The lowest BCUT2D eigenvalue weighted by Gasteiger charge is -2.11. The van der Waals surface area contributed by atoms with E-state index in [1.165, 1.54) is 186 Å². The molecule has 0 aromatic rings. The number of hydrogen-bond acceptors (Lipinski definition) is 2. The zero-order valence-electron chi connectivity index (χ0n) is 29.6. The van der Waals surface area contributed by atoms with Gasteiger partial charge < -0.3 is 10.4 Å². The molecule has 3 nitrogen and oxygen atoms in total. The summed E-state index contributed by atoms with van der Waals surface area (Å²) >= 11 is 0. The first-order valence-corrected chi connectivity index (χ1v) is 19.8. The first-order chi connectivity index (χ1) is 21.2. The van der Waals surface area contributed by atoms with Gasteiger partial charge in [0.1, 0.15) is 6.10 Å². The van der Waals surface area contributed by atoms with Crippen molar-refractivity contribution < 1.29 is 9.90 Å². The Balaban J connectivity index is 3.28. The maximum Gasteiger partial charge on any atom is 0.248 e. The van der Waals surface area contributed by atoms with E-state index >= 15 is 0 Å². The monoisotopic (exact) mass is 606 g/mol. The lowest BCUT2D eigenvalue weighted by Crippen LogP contribution is -2.35. The topological polar surface area (TPSA) is 49.3 Å². The van der Waals surface area contributed by atoms with Gasteiger partial charge in [0.05, 0.1) is 0 Å². The molecule has 0 fully saturated rings. The van der Waals surface area contributed by atoms with E-state index in [9.17, 15) is 9.90 Å². The minimum atomic E-state index is -0.821. The van der Waals surface area contributed by atoms with Crippen molar-refractivity contribution in [3.63, 3.8) is 0 Å². The van der Waals surface area contributed by atoms with Crippen LogP contribution < -0.4 is 5.32 Å². The van der Waals surface area contributed by atoms with E-state index in [1.807, 2.05) is 0 Å². The van der Waals surface area contributed by atoms with E-state index in [0.717, 1.165) is 19.3 Å². The molecule has 0 aliphatic carbocycles. The van der Waals surface area contributed by atoms with Gasteiger partial charge in [0.2, 0.25) is 5.91 Å². The van der Waals surface area contributed by atoms with E-state index in [-0.39, 0.29) is 5.91 Å². The number of aliphatic hydroxyl groups is 1. The molecule has 0 saturated carbocycles. The van der Waals surface area contributed by atoms with Crippen molar-refractivity contribution in [2.75, 3.05) is 6.54 Å². The number of nitrogens with one attached hydrogen (secondary N) is 1. The second kappa shape index (κ2) is 37.4. The van der Waals surface area contributed by atoms with Crippen LogP contribution in [0.4, 0.5) is 0 Å². The Hall–Kier alpha value is -0.830. The fourth-order valence-corrected chi connectivity index (χ4v) is 6.07. The quantitative estimate of drug-likeness (QED) is 0.0551. The molecule has 43 heavy (non-hydrogen) atoms. The average Bonchev–Trinajstić information content (AvgIpc) is 3.01. The molecule has 0 aromatic carbocycles. The van der Waals surface area contributed by atoms with Crippen LogP contribution in [-0.4, -0.2) is 23.7 Å². The Morgan fingerprint density at radius 1 is 0.465 bits per heavy atom. The first-order valence-electron chi connectivity index (χ1n) is 19.8. The van der Waals surface area contributed by atoms with Crippen LogP contribution in [0.2, 0.25) is 0 Å². The summed E-state index contributed by atoms with van der Waals surface area (Å²) in [7, 11) is 0. The predicted molar refractivity (Wildman–Crippen MR) is 192 cm³/mol. The summed E-state index contributed by atoms with van der Waals surface area (Å²) in [4.78, 5) is 12.1. The molecule has 2 N–H and O–H groups in total. The van der Waals surface area contributed by atoms with Crippen LogP contribution in [0.3, 0.4) is 0 Å². The number of rotatable bonds is 36. The van der Waals surface area contributed by atoms with Crippen molar-refractivity contribution in [1.29, 1.82) is 0 Å². The highest BCUT2D eigenvalue weighted by Crippen LogP contribution is 2.15. The van der Waals surface area contributed by atoms with Gasteiger partial charge in [-0.15, -0.1) is 0 Å². The molecule has 1 amide bonds. The molecule has 0 spiro atoms. The SMILES string of the molecule is CCCCCCCC/C=C\CCCCCCCCCCCCNC(=O)C(O)CCCCCCCCCCCCCCCC. The molecule has 0 aromatic heterocycles. The summed E-state index contributed by atoms with van der Waals surface area (Å²) in [5.41, 5.74) is 0. The van der Waals surface area contributed by atoms with Gasteiger partial charge in [-0.05, 0) is 38.5 Å². The van der Waals surface area contributed by atoms with E-state index in [4.69, 9.17) is 0 Å². The summed E-state index contributed by atoms with van der Waals surface area (Å²) in [6.07, 6.45) is 47.1. The molecular weight excluding hydrogens is 526 g/mol.